The van der Waals surface area contributed by atoms with Gasteiger partial charge in [0.2, 0.25) is 10.0 Å². The molecule has 0 saturated carbocycles. The summed E-state index contributed by atoms with van der Waals surface area (Å²) in [5.74, 6) is -0.541. The van der Waals surface area contributed by atoms with Gasteiger partial charge in [-0.15, -0.1) is 0 Å². The fourth-order valence-corrected chi connectivity index (χ4v) is 3.74. The molecule has 0 amide bonds. The topological polar surface area (TPSA) is 66.9 Å². The van der Waals surface area contributed by atoms with E-state index in [1.54, 1.807) is 18.4 Å². The third-order valence-electron chi connectivity index (χ3n) is 2.83. The highest BCUT2D eigenvalue weighted by Crippen LogP contribution is 2.24. The van der Waals surface area contributed by atoms with Gasteiger partial charge >= 0.3 is 0 Å². The molecular weight excluding hydrogens is 337 g/mol. The van der Waals surface area contributed by atoms with E-state index in [-0.39, 0.29) is 11.6 Å². The number of hydrogen-bond acceptors (Lipinski definition) is 3. The monoisotopic (exact) mass is 351 g/mol. The summed E-state index contributed by atoms with van der Waals surface area (Å²) in [5.41, 5.74) is 0.369. The molecule has 0 spiro atoms. The molecule has 9 heteroatoms. The van der Waals surface area contributed by atoms with Gasteiger partial charge in [-0.2, -0.15) is 0 Å². The minimum Gasteiger partial charge on any atom is -0.330 e. The van der Waals surface area contributed by atoms with Crippen LogP contribution in [0.5, 0.6) is 0 Å². The van der Waals surface area contributed by atoms with E-state index in [0.717, 1.165) is 6.26 Å². The molecule has 0 bridgehead atoms. The van der Waals surface area contributed by atoms with Crippen molar-refractivity contribution in [3.63, 3.8) is 0 Å². The van der Waals surface area contributed by atoms with Crippen molar-refractivity contribution in [1.82, 2.24) is 14.3 Å². The molecule has 0 unspecified atom stereocenters. The van der Waals surface area contributed by atoms with E-state index in [0.29, 0.717) is 15.8 Å². The predicted molar refractivity (Wildman–Crippen MR) is 84.1 cm³/mol. The van der Waals surface area contributed by atoms with Crippen LogP contribution in [0.1, 0.15) is 13.8 Å². The second kappa shape index (κ2) is 5.35. The van der Waals surface area contributed by atoms with Gasteiger partial charge in [0.15, 0.2) is 4.77 Å². The standard InChI is InChI=1S/C12H15ClFN3O2S2/c1-12(2,16-21(3,18)19)6-17-10-4-7(13)8(14)5-9(10)15-11(17)20/h4-5,16H,6H2,1-3H3,(H,15,20). The van der Waals surface area contributed by atoms with Crippen molar-refractivity contribution in [2.75, 3.05) is 6.26 Å². The van der Waals surface area contributed by atoms with Crippen LogP contribution in [-0.4, -0.2) is 29.8 Å². The second-order valence-electron chi connectivity index (χ2n) is 5.56. The van der Waals surface area contributed by atoms with E-state index in [1.165, 1.54) is 12.1 Å². The Labute approximate surface area is 132 Å². The number of nitrogens with one attached hydrogen (secondary N) is 2. The molecule has 0 aliphatic heterocycles. The molecule has 0 aliphatic carbocycles. The van der Waals surface area contributed by atoms with Gasteiger partial charge in [0.05, 0.1) is 22.3 Å². The Morgan fingerprint density at radius 1 is 1.48 bits per heavy atom. The Bertz CT molecular complexity index is 855. The first kappa shape index (κ1) is 16.4. The maximum absolute atomic E-state index is 13.5. The van der Waals surface area contributed by atoms with Crippen LogP contribution in [0.4, 0.5) is 4.39 Å². The first-order chi connectivity index (χ1) is 9.48. The second-order valence-corrected chi connectivity index (χ2v) is 8.10. The molecule has 0 atom stereocenters. The zero-order chi connectivity index (χ0) is 16.0. The minimum absolute atomic E-state index is 0.0147. The lowest BCUT2D eigenvalue weighted by Gasteiger charge is -2.25. The summed E-state index contributed by atoms with van der Waals surface area (Å²) in [6.45, 7) is 3.75. The number of hydrogen-bond donors (Lipinski definition) is 2. The summed E-state index contributed by atoms with van der Waals surface area (Å²) in [5, 5.41) is -0.0147. The van der Waals surface area contributed by atoms with Crippen molar-refractivity contribution in [1.29, 1.82) is 0 Å². The van der Waals surface area contributed by atoms with Crippen molar-refractivity contribution >= 4 is 44.9 Å². The Balaban J connectivity index is 2.50. The number of sulfonamides is 1. The molecule has 2 aromatic rings. The molecule has 0 radical (unpaired) electrons. The van der Waals surface area contributed by atoms with Crippen molar-refractivity contribution in [3.8, 4) is 0 Å². The maximum Gasteiger partial charge on any atom is 0.209 e. The van der Waals surface area contributed by atoms with Crippen LogP contribution in [0.15, 0.2) is 12.1 Å². The average molecular weight is 352 g/mol. The fourth-order valence-electron chi connectivity index (χ4n) is 2.24. The van der Waals surface area contributed by atoms with E-state index in [1.807, 2.05) is 0 Å². The summed E-state index contributed by atoms with van der Waals surface area (Å²) in [6.07, 6.45) is 1.09. The third kappa shape index (κ3) is 3.82. The number of benzene rings is 1. The quantitative estimate of drug-likeness (QED) is 0.832. The van der Waals surface area contributed by atoms with Gasteiger partial charge in [-0.1, -0.05) is 11.6 Å². The van der Waals surface area contributed by atoms with Crippen molar-refractivity contribution in [3.05, 3.63) is 27.7 Å². The van der Waals surface area contributed by atoms with Gasteiger partial charge in [-0.3, -0.25) is 0 Å². The number of nitrogens with zero attached hydrogens (tertiary/aromatic N) is 1. The fraction of sp³-hybridized carbons (Fsp3) is 0.417. The summed E-state index contributed by atoms with van der Waals surface area (Å²) < 4.78 is 40.9. The SMILES string of the molecule is CC(C)(Cn1c(=S)[nH]c2cc(F)c(Cl)cc21)NS(C)(=O)=O. The Morgan fingerprint density at radius 2 is 2.10 bits per heavy atom. The minimum atomic E-state index is -3.36. The molecule has 1 heterocycles. The van der Waals surface area contributed by atoms with Crippen molar-refractivity contribution < 1.29 is 12.8 Å². The van der Waals surface area contributed by atoms with Gasteiger partial charge in [0.1, 0.15) is 5.82 Å². The van der Waals surface area contributed by atoms with Crippen LogP contribution < -0.4 is 4.72 Å². The number of rotatable bonds is 4. The first-order valence-electron chi connectivity index (χ1n) is 6.05. The molecule has 2 rings (SSSR count). The Kier molecular flexibility index (Phi) is 4.18. The molecule has 0 fully saturated rings. The summed E-state index contributed by atoms with van der Waals surface area (Å²) in [6, 6.07) is 2.73. The number of H-pyrrole nitrogens is 1. The Hall–Kier alpha value is -0.960. The number of halogens is 2. The van der Waals surface area contributed by atoms with Gasteiger partial charge in [-0.25, -0.2) is 17.5 Å². The molecule has 2 N–H and O–H groups in total. The van der Waals surface area contributed by atoms with Gasteiger partial charge in [0.25, 0.3) is 0 Å². The molecule has 5 nitrogen and oxygen atoms in total. The highest BCUT2D eigenvalue weighted by Gasteiger charge is 2.24. The highest BCUT2D eigenvalue weighted by molar-refractivity contribution is 7.88. The summed E-state index contributed by atoms with van der Waals surface area (Å²) >= 11 is 11.0. The van der Waals surface area contributed by atoms with Crippen molar-refractivity contribution in [2.45, 2.75) is 25.9 Å². The zero-order valence-corrected chi connectivity index (χ0v) is 14.1. The number of fused-ring (bicyclic) bond motifs is 1. The average Bonchev–Trinajstić information content (AvgIpc) is 2.53. The number of imidazole rings is 1. The predicted octanol–water partition coefficient (Wildman–Crippen LogP) is 2.82. The van der Waals surface area contributed by atoms with Crippen LogP contribution in [-0.2, 0) is 16.6 Å². The molecule has 116 valence electrons. The van der Waals surface area contributed by atoms with Crippen LogP contribution in [0.2, 0.25) is 5.02 Å². The van der Waals surface area contributed by atoms with Gasteiger partial charge < -0.3 is 9.55 Å². The summed E-state index contributed by atoms with van der Waals surface area (Å²) in [4.78, 5) is 2.88. The molecule has 21 heavy (non-hydrogen) atoms. The first-order valence-corrected chi connectivity index (χ1v) is 8.73. The summed E-state index contributed by atoms with van der Waals surface area (Å²) in [7, 11) is -3.36. The molecular formula is C12H15ClFN3O2S2. The van der Waals surface area contributed by atoms with E-state index < -0.39 is 21.4 Å². The Morgan fingerprint density at radius 3 is 2.67 bits per heavy atom. The smallest absolute Gasteiger partial charge is 0.209 e. The lowest BCUT2D eigenvalue weighted by Crippen LogP contribution is -2.46. The van der Waals surface area contributed by atoms with Crippen LogP contribution in [0.3, 0.4) is 0 Å². The van der Waals surface area contributed by atoms with E-state index in [4.69, 9.17) is 23.8 Å². The van der Waals surface area contributed by atoms with Crippen molar-refractivity contribution in [2.24, 2.45) is 0 Å². The lowest BCUT2D eigenvalue weighted by molar-refractivity contribution is 0.394. The lowest BCUT2D eigenvalue weighted by atomic mass is 10.1. The molecule has 0 saturated heterocycles. The number of aromatic amines is 1. The molecule has 1 aromatic carbocycles. The van der Waals surface area contributed by atoms with Gasteiger partial charge in [-0.05, 0) is 32.1 Å². The zero-order valence-electron chi connectivity index (χ0n) is 11.7. The van der Waals surface area contributed by atoms with Crippen LogP contribution in [0, 0.1) is 10.6 Å². The number of aromatic nitrogens is 2. The van der Waals surface area contributed by atoms with Crippen LogP contribution in [0.25, 0.3) is 11.0 Å². The normalized spacial score (nSPS) is 13.0. The van der Waals surface area contributed by atoms with E-state index in [9.17, 15) is 12.8 Å². The molecule has 1 aromatic heterocycles. The largest absolute Gasteiger partial charge is 0.330 e. The van der Waals surface area contributed by atoms with Gasteiger partial charge in [0, 0.05) is 18.2 Å². The third-order valence-corrected chi connectivity index (χ3v) is 4.37. The van der Waals surface area contributed by atoms with E-state index >= 15 is 0 Å². The van der Waals surface area contributed by atoms with Crippen LogP contribution >= 0.6 is 23.8 Å². The maximum atomic E-state index is 13.5. The molecule has 0 aliphatic rings. The highest BCUT2D eigenvalue weighted by atomic mass is 35.5. The van der Waals surface area contributed by atoms with E-state index in [2.05, 4.69) is 9.71 Å².